The summed E-state index contributed by atoms with van der Waals surface area (Å²) in [6.45, 7) is 8.96. The van der Waals surface area contributed by atoms with Gasteiger partial charge in [-0.3, -0.25) is 9.69 Å². The van der Waals surface area contributed by atoms with E-state index in [1.807, 2.05) is 6.20 Å². The van der Waals surface area contributed by atoms with Crippen molar-refractivity contribution in [3.63, 3.8) is 0 Å². The third kappa shape index (κ3) is 3.79. The number of morpholine rings is 1. The van der Waals surface area contributed by atoms with Crippen molar-refractivity contribution in [3.8, 4) is 0 Å². The van der Waals surface area contributed by atoms with Gasteiger partial charge in [0.1, 0.15) is 5.82 Å². The van der Waals surface area contributed by atoms with E-state index in [9.17, 15) is 9.90 Å². The number of amides is 1. The number of carbonyl (C=O) groups excluding carboxylic acids is 1. The molecule has 3 rings (SSSR count). The topological polar surface area (TPSA) is 70.8 Å². The van der Waals surface area contributed by atoms with E-state index >= 15 is 0 Å². The number of hydrogen-bond acceptors (Lipinski definition) is 5. The molecule has 0 spiro atoms. The minimum absolute atomic E-state index is 0.0392. The third-order valence-electron chi connectivity index (χ3n) is 4.96. The predicted molar refractivity (Wildman–Crippen MR) is 89.7 cm³/mol. The lowest BCUT2D eigenvalue weighted by molar-refractivity contribution is -0.130. The van der Waals surface area contributed by atoms with E-state index in [2.05, 4.69) is 28.3 Å². The van der Waals surface area contributed by atoms with Crippen LogP contribution in [0.2, 0.25) is 0 Å². The molecule has 0 saturated carbocycles. The van der Waals surface area contributed by atoms with Crippen LogP contribution >= 0.6 is 0 Å². The zero-order valence-corrected chi connectivity index (χ0v) is 14.6. The first kappa shape index (κ1) is 17.4. The average Bonchev–Trinajstić information content (AvgIpc) is 3.20. The van der Waals surface area contributed by atoms with Crippen LogP contribution in [0.15, 0.2) is 12.4 Å². The molecule has 2 saturated heterocycles. The number of hydrogen-bond donors (Lipinski definition) is 1. The number of ether oxygens (including phenoxy) is 1. The van der Waals surface area contributed by atoms with E-state index in [0.717, 1.165) is 18.9 Å². The summed E-state index contributed by atoms with van der Waals surface area (Å²) in [6, 6.07) is 0.0392. The summed E-state index contributed by atoms with van der Waals surface area (Å²) < 4.78 is 7.42. The summed E-state index contributed by atoms with van der Waals surface area (Å²) in [5, 5.41) is 10.3. The van der Waals surface area contributed by atoms with Crippen LogP contribution in [-0.4, -0.2) is 81.9 Å². The van der Waals surface area contributed by atoms with Gasteiger partial charge in [-0.1, -0.05) is 13.8 Å². The Hall–Kier alpha value is -1.44. The number of aliphatic hydroxyl groups excluding tert-OH is 1. The standard InChI is InChI=1S/C17H28N4O3/c1-13(2)17-18-4-6-20(17)5-3-16(23)21-11-14(15(22)12-21)19-7-9-24-10-8-19/h4,6,13-15,22H,3,5,7-12H2,1-2H3/t14-,15-/m1/s1. The van der Waals surface area contributed by atoms with E-state index in [0.29, 0.717) is 45.2 Å². The number of carbonyl (C=O) groups is 1. The molecule has 2 aliphatic heterocycles. The molecule has 0 unspecified atom stereocenters. The molecular weight excluding hydrogens is 308 g/mol. The predicted octanol–water partition coefficient (Wildman–Crippen LogP) is 0.301. The molecule has 134 valence electrons. The number of aliphatic hydroxyl groups is 1. The Morgan fingerprint density at radius 3 is 2.83 bits per heavy atom. The van der Waals surface area contributed by atoms with Crippen LogP contribution in [0, 0.1) is 0 Å². The van der Waals surface area contributed by atoms with E-state index in [4.69, 9.17) is 4.74 Å². The van der Waals surface area contributed by atoms with Crippen molar-refractivity contribution < 1.29 is 14.6 Å². The molecule has 0 aliphatic carbocycles. The molecule has 2 atom stereocenters. The fraction of sp³-hybridized carbons (Fsp3) is 0.765. The lowest BCUT2D eigenvalue weighted by Crippen LogP contribution is -2.49. The van der Waals surface area contributed by atoms with Gasteiger partial charge in [0, 0.05) is 57.5 Å². The monoisotopic (exact) mass is 336 g/mol. The van der Waals surface area contributed by atoms with Gasteiger partial charge in [0.2, 0.25) is 5.91 Å². The number of aryl methyl sites for hydroxylation is 1. The van der Waals surface area contributed by atoms with E-state index in [-0.39, 0.29) is 11.9 Å². The Labute approximate surface area is 143 Å². The largest absolute Gasteiger partial charge is 0.390 e. The second-order valence-electron chi connectivity index (χ2n) is 6.97. The molecule has 7 nitrogen and oxygen atoms in total. The first-order chi connectivity index (χ1) is 11.6. The summed E-state index contributed by atoms with van der Waals surface area (Å²) in [5.41, 5.74) is 0. The maximum Gasteiger partial charge on any atom is 0.224 e. The Balaban J connectivity index is 1.53. The Morgan fingerprint density at radius 1 is 1.38 bits per heavy atom. The van der Waals surface area contributed by atoms with Gasteiger partial charge < -0.3 is 19.3 Å². The minimum Gasteiger partial charge on any atom is -0.390 e. The summed E-state index contributed by atoms with van der Waals surface area (Å²) >= 11 is 0. The van der Waals surface area contributed by atoms with Crippen LogP contribution in [0.3, 0.4) is 0 Å². The number of nitrogens with zero attached hydrogens (tertiary/aromatic N) is 4. The molecule has 0 bridgehead atoms. The van der Waals surface area contributed by atoms with Crippen molar-refractivity contribution in [1.82, 2.24) is 19.4 Å². The van der Waals surface area contributed by atoms with Crippen LogP contribution < -0.4 is 0 Å². The molecular formula is C17H28N4O3. The number of aromatic nitrogens is 2. The molecule has 1 aromatic heterocycles. The van der Waals surface area contributed by atoms with Gasteiger partial charge >= 0.3 is 0 Å². The van der Waals surface area contributed by atoms with Crippen LogP contribution in [0.1, 0.15) is 32.0 Å². The normalized spacial score (nSPS) is 25.6. The molecule has 0 aromatic carbocycles. The van der Waals surface area contributed by atoms with Crippen LogP contribution in [0.5, 0.6) is 0 Å². The second kappa shape index (κ2) is 7.63. The highest BCUT2D eigenvalue weighted by Crippen LogP contribution is 2.19. The Kier molecular flexibility index (Phi) is 5.53. The van der Waals surface area contributed by atoms with Crippen molar-refractivity contribution in [2.75, 3.05) is 39.4 Å². The summed E-state index contributed by atoms with van der Waals surface area (Å²) in [7, 11) is 0. The molecule has 3 heterocycles. The molecule has 1 N–H and O–H groups in total. The number of β-amino-alcohol motifs (C(OH)–C–C–N with tert-alkyl or cyclic N) is 1. The molecule has 0 radical (unpaired) electrons. The van der Waals surface area contributed by atoms with Gasteiger partial charge in [0.05, 0.1) is 25.4 Å². The number of rotatable bonds is 5. The Morgan fingerprint density at radius 2 is 2.12 bits per heavy atom. The highest BCUT2D eigenvalue weighted by Gasteiger charge is 2.37. The van der Waals surface area contributed by atoms with Crippen molar-refractivity contribution in [3.05, 3.63) is 18.2 Å². The first-order valence-corrected chi connectivity index (χ1v) is 8.85. The fourth-order valence-electron chi connectivity index (χ4n) is 3.63. The zero-order chi connectivity index (χ0) is 17.1. The van der Waals surface area contributed by atoms with E-state index in [1.165, 1.54) is 0 Å². The van der Waals surface area contributed by atoms with Crippen molar-refractivity contribution >= 4 is 5.91 Å². The fourth-order valence-corrected chi connectivity index (χ4v) is 3.63. The molecule has 2 aliphatic rings. The smallest absolute Gasteiger partial charge is 0.224 e. The summed E-state index contributed by atoms with van der Waals surface area (Å²) in [5.74, 6) is 1.46. The minimum atomic E-state index is -0.466. The van der Waals surface area contributed by atoms with Gasteiger partial charge in [-0.25, -0.2) is 4.98 Å². The number of likely N-dealkylation sites (tertiary alicyclic amines) is 1. The van der Waals surface area contributed by atoms with Gasteiger partial charge in [-0.15, -0.1) is 0 Å². The quantitative estimate of drug-likeness (QED) is 0.837. The lowest BCUT2D eigenvalue weighted by atomic mass is 10.1. The van der Waals surface area contributed by atoms with Crippen LogP contribution in [0.25, 0.3) is 0 Å². The van der Waals surface area contributed by atoms with Crippen molar-refractivity contribution in [2.45, 2.75) is 44.9 Å². The van der Waals surface area contributed by atoms with E-state index in [1.54, 1.807) is 11.1 Å². The summed E-state index contributed by atoms with van der Waals surface area (Å²) in [6.07, 6.45) is 3.69. The van der Waals surface area contributed by atoms with Crippen LogP contribution in [-0.2, 0) is 16.1 Å². The molecule has 1 aromatic rings. The highest BCUT2D eigenvalue weighted by molar-refractivity contribution is 5.76. The van der Waals surface area contributed by atoms with Gasteiger partial charge in [0.25, 0.3) is 0 Å². The van der Waals surface area contributed by atoms with E-state index < -0.39 is 6.10 Å². The third-order valence-corrected chi connectivity index (χ3v) is 4.96. The molecule has 2 fully saturated rings. The second-order valence-corrected chi connectivity index (χ2v) is 6.97. The maximum absolute atomic E-state index is 12.5. The maximum atomic E-state index is 12.5. The molecule has 7 heteroatoms. The summed E-state index contributed by atoms with van der Waals surface area (Å²) in [4.78, 5) is 20.9. The lowest BCUT2D eigenvalue weighted by Gasteiger charge is -2.33. The molecule has 24 heavy (non-hydrogen) atoms. The zero-order valence-electron chi connectivity index (χ0n) is 14.6. The first-order valence-electron chi connectivity index (χ1n) is 8.85. The SMILES string of the molecule is CC(C)c1nccn1CCC(=O)N1C[C@@H](O)[C@H](N2CCOCC2)C1. The van der Waals surface area contributed by atoms with Gasteiger partial charge in [-0.05, 0) is 0 Å². The highest BCUT2D eigenvalue weighted by atomic mass is 16.5. The van der Waals surface area contributed by atoms with Crippen molar-refractivity contribution in [1.29, 1.82) is 0 Å². The van der Waals surface area contributed by atoms with Crippen molar-refractivity contribution in [2.24, 2.45) is 0 Å². The number of imidazole rings is 1. The average molecular weight is 336 g/mol. The van der Waals surface area contributed by atoms with Crippen LogP contribution in [0.4, 0.5) is 0 Å². The Bertz CT molecular complexity index is 554. The molecule has 1 amide bonds. The van der Waals surface area contributed by atoms with Gasteiger partial charge in [0.15, 0.2) is 0 Å². The van der Waals surface area contributed by atoms with Gasteiger partial charge in [-0.2, -0.15) is 0 Å².